The molecule has 1 fully saturated rings. The highest BCUT2D eigenvalue weighted by atomic mass is 16.5. The maximum atomic E-state index is 12.3. The van der Waals surface area contributed by atoms with Crippen LogP contribution in [-0.2, 0) is 4.79 Å². The minimum absolute atomic E-state index is 0.259. The number of rotatable bonds is 6. The summed E-state index contributed by atoms with van der Waals surface area (Å²) in [6.45, 7) is 5.70. The quantitative estimate of drug-likeness (QED) is 0.787. The second kappa shape index (κ2) is 7.32. The standard InChI is InChI=1S/C17H25NO2/c1-3-5-8-17(19)18-13-6-7-16(18)14-9-11-15(12-10-14)20-4-2/h9-12,16H,3-8,13H2,1-2H3. The Morgan fingerprint density at radius 2 is 2.05 bits per heavy atom. The number of hydrogen-bond donors (Lipinski definition) is 0. The van der Waals surface area contributed by atoms with Gasteiger partial charge in [0.05, 0.1) is 12.6 Å². The van der Waals surface area contributed by atoms with Gasteiger partial charge in [0.1, 0.15) is 5.75 Å². The van der Waals surface area contributed by atoms with Crippen molar-refractivity contribution < 1.29 is 9.53 Å². The Hall–Kier alpha value is -1.51. The molecule has 0 bridgehead atoms. The summed E-state index contributed by atoms with van der Waals surface area (Å²) < 4.78 is 5.47. The van der Waals surface area contributed by atoms with Crippen LogP contribution in [-0.4, -0.2) is 24.0 Å². The van der Waals surface area contributed by atoms with Crippen molar-refractivity contribution in [2.75, 3.05) is 13.2 Å². The van der Waals surface area contributed by atoms with Crippen molar-refractivity contribution in [2.24, 2.45) is 0 Å². The molecule has 1 saturated heterocycles. The number of carbonyl (C=O) groups is 1. The van der Waals surface area contributed by atoms with Crippen molar-refractivity contribution in [1.82, 2.24) is 4.90 Å². The average Bonchev–Trinajstić information content (AvgIpc) is 2.95. The molecule has 1 aromatic rings. The maximum Gasteiger partial charge on any atom is 0.223 e. The number of carbonyl (C=O) groups excluding carboxylic acids is 1. The summed E-state index contributed by atoms with van der Waals surface area (Å²) in [4.78, 5) is 14.3. The van der Waals surface area contributed by atoms with Crippen LogP contribution >= 0.6 is 0 Å². The van der Waals surface area contributed by atoms with Gasteiger partial charge in [0.2, 0.25) is 5.91 Å². The fraction of sp³-hybridized carbons (Fsp3) is 0.588. The summed E-state index contributed by atoms with van der Waals surface area (Å²) in [7, 11) is 0. The second-order valence-electron chi connectivity index (χ2n) is 5.35. The largest absolute Gasteiger partial charge is 0.494 e. The Balaban J connectivity index is 2.04. The van der Waals surface area contributed by atoms with Crippen molar-refractivity contribution in [3.63, 3.8) is 0 Å². The van der Waals surface area contributed by atoms with E-state index in [1.807, 2.05) is 19.1 Å². The third-order valence-corrected chi connectivity index (χ3v) is 3.89. The Bertz CT molecular complexity index is 427. The molecule has 2 rings (SSSR count). The summed E-state index contributed by atoms with van der Waals surface area (Å²) in [5, 5.41) is 0. The lowest BCUT2D eigenvalue weighted by Gasteiger charge is -2.25. The van der Waals surface area contributed by atoms with Crippen LogP contribution in [0.5, 0.6) is 5.75 Å². The summed E-state index contributed by atoms with van der Waals surface area (Å²) in [6.07, 6.45) is 4.93. The molecule has 110 valence electrons. The molecule has 1 aromatic carbocycles. The molecule has 1 atom stereocenters. The van der Waals surface area contributed by atoms with E-state index >= 15 is 0 Å². The van der Waals surface area contributed by atoms with Gasteiger partial charge in [0, 0.05) is 13.0 Å². The average molecular weight is 275 g/mol. The van der Waals surface area contributed by atoms with Crippen LogP contribution in [0, 0.1) is 0 Å². The van der Waals surface area contributed by atoms with Crippen molar-refractivity contribution in [1.29, 1.82) is 0 Å². The highest BCUT2D eigenvalue weighted by Crippen LogP contribution is 2.33. The molecule has 1 unspecified atom stereocenters. The molecule has 0 aromatic heterocycles. The number of unbranched alkanes of at least 4 members (excludes halogenated alkanes) is 1. The normalized spacial score (nSPS) is 18.3. The van der Waals surface area contributed by atoms with Crippen LogP contribution in [0.3, 0.4) is 0 Å². The predicted molar refractivity (Wildman–Crippen MR) is 80.8 cm³/mol. The van der Waals surface area contributed by atoms with Crippen molar-refractivity contribution in [2.45, 2.75) is 52.0 Å². The molecular weight excluding hydrogens is 250 g/mol. The maximum absolute atomic E-state index is 12.3. The van der Waals surface area contributed by atoms with Gasteiger partial charge >= 0.3 is 0 Å². The first-order chi connectivity index (χ1) is 9.76. The monoisotopic (exact) mass is 275 g/mol. The Labute approximate surface area is 121 Å². The summed E-state index contributed by atoms with van der Waals surface area (Å²) in [5.74, 6) is 1.21. The van der Waals surface area contributed by atoms with Crippen molar-refractivity contribution in [3.8, 4) is 5.75 Å². The lowest BCUT2D eigenvalue weighted by atomic mass is 10.0. The molecule has 0 aliphatic carbocycles. The van der Waals surface area contributed by atoms with Gasteiger partial charge < -0.3 is 9.64 Å². The molecule has 0 saturated carbocycles. The zero-order valence-electron chi connectivity index (χ0n) is 12.6. The molecule has 0 radical (unpaired) electrons. The molecule has 0 spiro atoms. The molecule has 3 nitrogen and oxygen atoms in total. The molecule has 0 N–H and O–H groups in total. The van der Waals surface area contributed by atoms with E-state index in [1.165, 1.54) is 5.56 Å². The number of benzene rings is 1. The van der Waals surface area contributed by atoms with Crippen LogP contribution in [0.2, 0.25) is 0 Å². The van der Waals surface area contributed by atoms with E-state index in [1.54, 1.807) is 0 Å². The molecular formula is C17H25NO2. The van der Waals surface area contributed by atoms with E-state index in [2.05, 4.69) is 24.0 Å². The van der Waals surface area contributed by atoms with Gasteiger partial charge in [-0.3, -0.25) is 4.79 Å². The van der Waals surface area contributed by atoms with E-state index in [4.69, 9.17) is 4.74 Å². The highest BCUT2D eigenvalue weighted by Gasteiger charge is 2.29. The number of likely N-dealkylation sites (tertiary alicyclic amines) is 1. The molecule has 1 aliphatic heterocycles. The SMILES string of the molecule is CCCCC(=O)N1CCCC1c1ccc(OCC)cc1. The highest BCUT2D eigenvalue weighted by molar-refractivity contribution is 5.77. The first kappa shape index (κ1) is 14.9. The van der Waals surface area contributed by atoms with Crippen molar-refractivity contribution >= 4 is 5.91 Å². The third kappa shape index (κ3) is 3.53. The van der Waals surface area contributed by atoms with Crippen LogP contribution in [0.4, 0.5) is 0 Å². The van der Waals surface area contributed by atoms with Crippen molar-refractivity contribution in [3.05, 3.63) is 29.8 Å². The van der Waals surface area contributed by atoms with E-state index in [9.17, 15) is 4.79 Å². The van der Waals surface area contributed by atoms with Crippen LogP contribution in [0.25, 0.3) is 0 Å². The lowest BCUT2D eigenvalue weighted by Crippen LogP contribution is -2.30. The van der Waals surface area contributed by atoms with Gasteiger partial charge in [-0.1, -0.05) is 25.5 Å². The number of hydrogen-bond acceptors (Lipinski definition) is 2. The van der Waals surface area contributed by atoms with Gasteiger partial charge in [-0.2, -0.15) is 0 Å². The minimum Gasteiger partial charge on any atom is -0.494 e. The molecule has 20 heavy (non-hydrogen) atoms. The Kier molecular flexibility index (Phi) is 5.45. The lowest BCUT2D eigenvalue weighted by molar-refractivity contribution is -0.132. The Morgan fingerprint density at radius 3 is 2.70 bits per heavy atom. The summed E-state index contributed by atoms with van der Waals surface area (Å²) in [6, 6.07) is 8.47. The van der Waals surface area contributed by atoms with Gasteiger partial charge in [0.15, 0.2) is 0 Å². The fourth-order valence-corrected chi connectivity index (χ4v) is 2.84. The first-order valence-electron chi connectivity index (χ1n) is 7.78. The number of nitrogens with zero attached hydrogens (tertiary/aromatic N) is 1. The first-order valence-corrected chi connectivity index (χ1v) is 7.78. The van der Waals surface area contributed by atoms with Gasteiger partial charge in [-0.15, -0.1) is 0 Å². The number of ether oxygens (including phenoxy) is 1. The van der Waals surface area contributed by atoms with E-state index in [-0.39, 0.29) is 6.04 Å². The molecule has 3 heteroatoms. The van der Waals surface area contributed by atoms with E-state index in [0.29, 0.717) is 18.9 Å². The Morgan fingerprint density at radius 1 is 1.30 bits per heavy atom. The van der Waals surface area contributed by atoms with Gasteiger partial charge in [-0.05, 0) is 43.9 Å². The zero-order chi connectivity index (χ0) is 14.4. The van der Waals surface area contributed by atoms with Gasteiger partial charge in [0.25, 0.3) is 0 Å². The summed E-state index contributed by atoms with van der Waals surface area (Å²) in [5.41, 5.74) is 1.23. The molecule has 1 amide bonds. The third-order valence-electron chi connectivity index (χ3n) is 3.89. The van der Waals surface area contributed by atoms with Crippen LogP contribution in [0.15, 0.2) is 24.3 Å². The smallest absolute Gasteiger partial charge is 0.223 e. The predicted octanol–water partition coefficient (Wildman–Crippen LogP) is 3.94. The fourth-order valence-electron chi connectivity index (χ4n) is 2.84. The minimum atomic E-state index is 0.259. The summed E-state index contributed by atoms with van der Waals surface area (Å²) >= 11 is 0. The number of amides is 1. The van der Waals surface area contributed by atoms with Crippen LogP contribution in [0.1, 0.15) is 57.6 Å². The molecule has 1 aliphatic rings. The molecule has 1 heterocycles. The zero-order valence-corrected chi connectivity index (χ0v) is 12.6. The van der Waals surface area contributed by atoms with E-state index in [0.717, 1.165) is 38.0 Å². The topological polar surface area (TPSA) is 29.5 Å². The van der Waals surface area contributed by atoms with Gasteiger partial charge in [-0.25, -0.2) is 0 Å². The second-order valence-corrected chi connectivity index (χ2v) is 5.35. The van der Waals surface area contributed by atoms with E-state index < -0.39 is 0 Å². The van der Waals surface area contributed by atoms with Crippen LogP contribution < -0.4 is 4.74 Å².